The van der Waals surface area contributed by atoms with Crippen LogP contribution < -0.4 is 10.8 Å². The first kappa shape index (κ1) is 17.4. The summed E-state index contributed by atoms with van der Waals surface area (Å²) in [7, 11) is 0. The van der Waals surface area contributed by atoms with Gasteiger partial charge in [-0.05, 0) is 19.1 Å². The first-order valence-corrected chi connectivity index (χ1v) is 6.36. The number of imidazole rings is 1. The number of aromatic nitrogens is 2. The van der Waals surface area contributed by atoms with Gasteiger partial charge in [-0.2, -0.15) is 9.88 Å². The zero-order valence-electron chi connectivity index (χ0n) is 12.5. The van der Waals surface area contributed by atoms with E-state index in [4.69, 9.17) is 5.73 Å². The monoisotopic (exact) mass is 355 g/mol. The van der Waals surface area contributed by atoms with E-state index in [1.54, 1.807) is 13.1 Å². The van der Waals surface area contributed by atoms with E-state index in [-0.39, 0.29) is 16.4 Å². The van der Waals surface area contributed by atoms with E-state index in [0.29, 0.717) is 5.69 Å². The molecule has 0 atom stereocenters. The summed E-state index contributed by atoms with van der Waals surface area (Å²) >= 11 is 0. The fourth-order valence-corrected chi connectivity index (χ4v) is 1.78. The van der Waals surface area contributed by atoms with Gasteiger partial charge in [0, 0.05) is 12.3 Å². The third kappa shape index (κ3) is 4.27. The van der Waals surface area contributed by atoms with E-state index in [0.717, 1.165) is 6.07 Å². The molecule has 0 aliphatic rings. The second-order valence-corrected chi connectivity index (χ2v) is 4.41. The molecular weight excluding hydrogens is 345 g/mol. The van der Waals surface area contributed by atoms with Crippen molar-refractivity contribution in [1.29, 1.82) is 0 Å². The quantitative estimate of drug-likeness (QED) is 0.339. The summed E-state index contributed by atoms with van der Waals surface area (Å²) in [4.78, 5) is 32.4. The molecule has 0 saturated carbocycles. The molecule has 1 aromatic heterocycles. The number of nitrogens with zero attached hydrogens (tertiary/aromatic N) is 6. The smallest absolute Gasteiger partial charge is 0.344 e. The summed E-state index contributed by atoms with van der Waals surface area (Å²) in [5.74, 6) is -1.70. The Labute approximate surface area is 137 Å². The van der Waals surface area contributed by atoms with Crippen LogP contribution in [0.25, 0.3) is 5.69 Å². The van der Waals surface area contributed by atoms with Crippen LogP contribution in [0, 0.1) is 33.0 Å². The van der Waals surface area contributed by atoms with Crippen molar-refractivity contribution >= 4 is 11.6 Å². The van der Waals surface area contributed by atoms with Gasteiger partial charge in [0.05, 0.1) is 23.4 Å². The number of halogens is 1. The predicted molar refractivity (Wildman–Crippen MR) is 78.5 cm³/mol. The number of guanidine groups is 1. The van der Waals surface area contributed by atoms with Crippen LogP contribution in [0.2, 0.25) is 0 Å². The van der Waals surface area contributed by atoms with Gasteiger partial charge < -0.3 is 10.3 Å². The van der Waals surface area contributed by atoms with E-state index in [1.807, 2.05) is 0 Å². The summed E-state index contributed by atoms with van der Waals surface area (Å²) in [5.41, 5.74) is 5.82. The van der Waals surface area contributed by atoms with Crippen LogP contribution in [0.3, 0.4) is 0 Å². The molecule has 25 heavy (non-hydrogen) atoms. The highest BCUT2D eigenvalue weighted by molar-refractivity contribution is 5.92. The van der Waals surface area contributed by atoms with Crippen molar-refractivity contribution in [3.63, 3.8) is 0 Å². The molecular formula is C11H10FN7O6. The lowest BCUT2D eigenvalue weighted by atomic mass is 10.2. The molecule has 0 aliphatic heterocycles. The van der Waals surface area contributed by atoms with Gasteiger partial charge in [0.25, 0.3) is 0 Å². The maximum Gasteiger partial charge on any atom is 0.372 e. The minimum Gasteiger partial charge on any atom is -0.344 e. The molecule has 2 N–H and O–H groups in total. The molecule has 0 unspecified atom stereocenters. The molecule has 0 radical (unpaired) electrons. The number of hydroxylamine groups is 1. The maximum atomic E-state index is 14.3. The van der Waals surface area contributed by atoms with Gasteiger partial charge >= 0.3 is 11.0 Å². The van der Waals surface area contributed by atoms with Crippen molar-refractivity contribution in [3.8, 4) is 5.69 Å². The minimum absolute atomic E-state index is 0.0995. The Morgan fingerprint density at radius 2 is 2.12 bits per heavy atom. The molecule has 2 aromatic rings. The van der Waals surface area contributed by atoms with Crippen LogP contribution in [0.5, 0.6) is 0 Å². The van der Waals surface area contributed by atoms with Crippen molar-refractivity contribution in [2.75, 3.05) is 5.06 Å². The number of oxime groups is 1. The molecule has 1 aromatic carbocycles. The number of hydrogen-bond acceptors (Lipinski definition) is 8. The van der Waals surface area contributed by atoms with Crippen molar-refractivity contribution in [2.45, 2.75) is 6.92 Å². The number of rotatable bonds is 6. The zero-order chi connectivity index (χ0) is 18.6. The lowest BCUT2D eigenvalue weighted by Crippen LogP contribution is -2.39. The molecule has 2 rings (SSSR count). The Balaban J connectivity index is 2.37. The molecule has 13 nitrogen and oxygen atoms in total. The SMILES string of the molecule is Cc1cn(-c2ccc(N(O[N+](=O)[O-])/C(N)=N/O[N+](=O)[O-])cc2F)cn1. The average Bonchev–Trinajstić information content (AvgIpc) is 2.96. The second kappa shape index (κ2) is 7.07. The van der Waals surface area contributed by atoms with E-state index < -0.39 is 22.0 Å². The molecule has 0 fully saturated rings. The third-order valence-electron chi connectivity index (χ3n) is 2.71. The first-order chi connectivity index (χ1) is 11.8. The fourth-order valence-electron chi connectivity index (χ4n) is 1.78. The average molecular weight is 355 g/mol. The molecule has 14 heteroatoms. The summed E-state index contributed by atoms with van der Waals surface area (Å²) in [5, 5.41) is 21.2. The second-order valence-electron chi connectivity index (χ2n) is 4.41. The highest BCUT2D eigenvalue weighted by Gasteiger charge is 2.22. The Bertz CT molecular complexity index is 838. The molecule has 0 aliphatic carbocycles. The normalized spacial score (nSPS) is 11.0. The van der Waals surface area contributed by atoms with Crippen LogP contribution in [-0.2, 0) is 9.88 Å². The Kier molecular flexibility index (Phi) is 4.92. The summed E-state index contributed by atoms with van der Waals surface area (Å²) in [6, 6.07) is 3.33. The summed E-state index contributed by atoms with van der Waals surface area (Å²) in [6.45, 7) is 1.71. The Hall–Kier alpha value is -3.97. The van der Waals surface area contributed by atoms with Gasteiger partial charge in [-0.15, -0.1) is 15.2 Å². The third-order valence-corrected chi connectivity index (χ3v) is 2.71. The zero-order valence-corrected chi connectivity index (χ0v) is 12.5. The molecule has 0 saturated heterocycles. The molecule has 132 valence electrons. The van der Waals surface area contributed by atoms with Crippen molar-refractivity contribution in [3.05, 3.63) is 62.5 Å². The fraction of sp³-hybridized carbons (Fsp3) is 0.0909. The van der Waals surface area contributed by atoms with Gasteiger partial charge in [0.15, 0.2) is 5.09 Å². The van der Waals surface area contributed by atoms with Crippen molar-refractivity contribution < 1.29 is 24.4 Å². The molecule has 0 bridgehead atoms. The predicted octanol–water partition coefficient (Wildman–Crippen LogP) is 0.688. The van der Waals surface area contributed by atoms with Crippen LogP contribution in [-0.4, -0.2) is 25.7 Å². The van der Waals surface area contributed by atoms with Crippen LogP contribution >= 0.6 is 0 Å². The topological polar surface area (TPSA) is 164 Å². The number of hydrogen-bond donors (Lipinski definition) is 1. The number of nitrogens with two attached hydrogens (primary N) is 1. The summed E-state index contributed by atoms with van der Waals surface area (Å²) < 4.78 is 15.7. The highest BCUT2D eigenvalue weighted by atomic mass is 19.1. The highest BCUT2D eigenvalue weighted by Crippen LogP contribution is 2.22. The van der Waals surface area contributed by atoms with Gasteiger partial charge in [-0.25, -0.2) is 19.5 Å². The minimum atomic E-state index is -1.30. The van der Waals surface area contributed by atoms with Crippen molar-refractivity contribution in [2.24, 2.45) is 10.9 Å². The molecule has 0 amide bonds. The standard InChI is InChI=1S/C11H10FN7O6/c1-7-5-16(6-14-7)10-3-2-8(4-9(10)12)17(25-19(22)23)11(13)15-24-18(20)21/h2-6H,1H3,(H2,13,15). The first-order valence-electron chi connectivity index (χ1n) is 6.36. The van der Waals surface area contributed by atoms with Gasteiger partial charge in [0.2, 0.25) is 0 Å². The molecule has 0 spiro atoms. The maximum absolute atomic E-state index is 14.3. The Morgan fingerprint density at radius 3 is 2.64 bits per heavy atom. The van der Waals surface area contributed by atoms with E-state index >= 15 is 0 Å². The van der Waals surface area contributed by atoms with E-state index in [1.165, 1.54) is 23.0 Å². The lowest BCUT2D eigenvalue weighted by Gasteiger charge is -2.17. The van der Waals surface area contributed by atoms with Crippen LogP contribution in [0.4, 0.5) is 10.1 Å². The number of aryl methyl sites for hydroxylation is 1. The van der Waals surface area contributed by atoms with Crippen molar-refractivity contribution in [1.82, 2.24) is 9.55 Å². The van der Waals surface area contributed by atoms with E-state index in [9.17, 15) is 24.6 Å². The van der Waals surface area contributed by atoms with Gasteiger partial charge in [0.1, 0.15) is 11.0 Å². The number of benzene rings is 1. The van der Waals surface area contributed by atoms with E-state index in [2.05, 4.69) is 20.0 Å². The molecule has 1 heterocycles. The van der Waals surface area contributed by atoms with Crippen LogP contribution in [0.1, 0.15) is 5.69 Å². The summed E-state index contributed by atoms with van der Waals surface area (Å²) in [6.07, 6.45) is 2.93. The van der Waals surface area contributed by atoms with Gasteiger partial charge in [-0.3, -0.25) is 0 Å². The van der Waals surface area contributed by atoms with Crippen LogP contribution in [0.15, 0.2) is 35.9 Å². The largest absolute Gasteiger partial charge is 0.372 e. The van der Waals surface area contributed by atoms with Gasteiger partial charge in [-0.1, -0.05) is 0 Å². The Morgan fingerprint density at radius 1 is 1.40 bits per heavy atom. The number of anilines is 1. The lowest BCUT2D eigenvalue weighted by molar-refractivity contribution is -0.762.